The molecule has 2 heterocycles. The Morgan fingerprint density at radius 2 is 2.42 bits per heavy atom. The van der Waals surface area contributed by atoms with Crippen molar-refractivity contribution < 1.29 is 14.6 Å². The maximum absolute atomic E-state index is 10.9. The molecule has 3 rings (SSSR count). The Labute approximate surface area is 112 Å². The second-order valence-corrected chi connectivity index (χ2v) is 5.57. The van der Waals surface area contributed by atoms with Crippen molar-refractivity contribution in [3.8, 4) is 0 Å². The van der Waals surface area contributed by atoms with E-state index in [9.17, 15) is 9.90 Å². The SMILES string of the molecule is CC(=O)NC[C@H]1CN([C@@H]2CC[C@H]2C2=CNC2)C(O)O1. The second-order valence-electron chi connectivity index (χ2n) is 5.57. The van der Waals surface area contributed by atoms with Crippen molar-refractivity contribution in [3.05, 3.63) is 11.8 Å². The first-order chi connectivity index (χ1) is 9.15. The molecule has 0 bridgehead atoms. The lowest BCUT2D eigenvalue weighted by molar-refractivity contribution is -0.171. The van der Waals surface area contributed by atoms with E-state index in [-0.39, 0.29) is 12.0 Å². The van der Waals surface area contributed by atoms with Crippen LogP contribution in [0.2, 0.25) is 0 Å². The van der Waals surface area contributed by atoms with Gasteiger partial charge in [0.15, 0.2) is 0 Å². The van der Waals surface area contributed by atoms with Gasteiger partial charge in [-0.25, -0.2) is 4.90 Å². The fourth-order valence-corrected chi connectivity index (χ4v) is 3.06. The largest absolute Gasteiger partial charge is 0.387 e. The highest BCUT2D eigenvalue weighted by Gasteiger charge is 2.45. The van der Waals surface area contributed by atoms with Crippen molar-refractivity contribution in [3.63, 3.8) is 0 Å². The van der Waals surface area contributed by atoms with Crippen molar-refractivity contribution >= 4 is 5.91 Å². The zero-order valence-corrected chi connectivity index (χ0v) is 11.1. The van der Waals surface area contributed by atoms with Gasteiger partial charge < -0.3 is 20.5 Å². The molecule has 2 fully saturated rings. The fourth-order valence-electron chi connectivity index (χ4n) is 3.06. The van der Waals surface area contributed by atoms with E-state index < -0.39 is 6.41 Å². The topological polar surface area (TPSA) is 73.8 Å². The Balaban J connectivity index is 1.55. The van der Waals surface area contributed by atoms with Crippen LogP contribution in [0.5, 0.6) is 0 Å². The lowest BCUT2D eigenvalue weighted by Crippen LogP contribution is -2.52. The average Bonchev–Trinajstić information content (AvgIpc) is 2.61. The first-order valence-corrected chi connectivity index (χ1v) is 6.91. The molecule has 0 aromatic rings. The van der Waals surface area contributed by atoms with Crippen molar-refractivity contribution in [1.29, 1.82) is 0 Å². The van der Waals surface area contributed by atoms with Crippen molar-refractivity contribution in [2.24, 2.45) is 5.92 Å². The third-order valence-corrected chi connectivity index (χ3v) is 4.32. The molecule has 0 radical (unpaired) electrons. The standard InChI is InChI=1S/C13H21N3O3/c1-8(17)15-6-10-7-16(13(18)19-10)12-3-2-11(12)9-4-14-5-9/h4,10-14,18H,2-3,5-7H2,1H3,(H,15,17)/t10-,11-,12+,13?/m0/s1. The Hall–Kier alpha value is -1.11. The summed E-state index contributed by atoms with van der Waals surface area (Å²) in [4.78, 5) is 12.9. The number of carbonyl (C=O) groups is 1. The number of nitrogens with one attached hydrogen (secondary N) is 2. The minimum Gasteiger partial charge on any atom is -0.387 e. The summed E-state index contributed by atoms with van der Waals surface area (Å²) in [6.45, 7) is 3.61. The van der Waals surface area contributed by atoms with Crippen LogP contribution in [-0.2, 0) is 9.53 Å². The summed E-state index contributed by atoms with van der Waals surface area (Å²) in [6.07, 6.45) is 3.43. The summed E-state index contributed by atoms with van der Waals surface area (Å²) < 4.78 is 5.49. The number of aliphatic hydroxyl groups is 1. The number of amides is 1. The van der Waals surface area contributed by atoms with Gasteiger partial charge in [-0.1, -0.05) is 0 Å². The normalized spacial score (nSPS) is 37.9. The molecule has 19 heavy (non-hydrogen) atoms. The molecule has 4 atom stereocenters. The number of ether oxygens (including phenoxy) is 1. The second kappa shape index (κ2) is 5.11. The maximum atomic E-state index is 10.9. The molecule has 1 unspecified atom stereocenters. The average molecular weight is 267 g/mol. The predicted molar refractivity (Wildman–Crippen MR) is 68.9 cm³/mol. The van der Waals surface area contributed by atoms with Gasteiger partial charge in [-0.3, -0.25) is 4.79 Å². The Morgan fingerprint density at radius 1 is 1.63 bits per heavy atom. The van der Waals surface area contributed by atoms with E-state index in [1.807, 2.05) is 4.90 Å². The highest BCUT2D eigenvalue weighted by atomic mass is 16.6. The van der Waals surface area contributed by atoms with Crippen LogP contribution < -0.4 is 10.6 Å². The molecule has 3 N–H and O–H groups in total. The molecule has 2 aliphatic heterocycles. The molecular weight excluding hydrogens is 246 g/mol. The molecule has 6 nitrogen and oxygen atoms in total. The first kappa shape index (κ1) is 12.9. The van der Waals surface area contributed by atoms with Crippen molar-refractivity contribution in [1.82, 2.24) is 15.5 Å². The molecule has 6 heteroatoms. The van der Waals surface area contributed by atoms with E-state index in [2.05, 4.69) is 16.8 Å². The third kappa shape index (κ3) is 2.48. The van der Waals surface area contributed by atoms with E-state index in [0.29, 0.717) is 25.0 Å². The smallest absolute Gasteiger partial charge is 0.216 e. The van der Waals surface area contributed by atoms with Crippen LogP contribution in [0.3, 0.4) is 0 Å². The van der Waals surface area contributed by atoms with E-state index >= 15 is 0 Å². The van der Waals surface area contributed by atoms with Crippen LogP contribution in [0.15, 0.2) is 11.8 Å². The Morgan fingerprint density at radius 3 is 2.95 bits per heavy atom. The van der Waals surface area contributed by atoms with E-state index in [0.717, 1.165) is 13.0 Å². The fraction of sp³-hybridized carbons (Fsp3) is 0.769. The van der Waals surface area contributed by atoms with Crippen LogP contribution in [0.1, 0.15) is 19.8 Å². The predicted octanol–water partition coefficient (Wildman–Crippen LogP) is -0.635. The summed E-state index contributed by atoms with van der Waals surface area (Å²) in [7, 11) is 0. The van der Waals surface area contributed by atoms with Crippen LogP contribution in [0, 0.1) is 5.92 Å². The Kier molecular flexibility index (Phi) is 3.47. The van der Waals surface area contributed by atoms with E-state index in [4.69, 9.17) is 4.74 Å². The number of carbonyl (C=O) groups excluding carboxylic acids is 1. The van der Waals surface area contributed by atoms with Gasteiger partial charge in [0.1, 0.15) is 0 Å². The molecule has 1 aliphatic carbocycles. The van der Waals surface area contributed by atoms with E-state index in [1.54, 1.807) is 0 Å². The minimum absolute atomic E-state index is 0.0660. The van der Waals surface area contributed by atoms with Crippen LogP contribution in [-0.4, -0.2) is 54.1 Å². The number of aliphatic hydroxyl groups excluding tert-OH is 1. The summed E-state index contributed by atoms with van der Waals surface area (Å²) in [6, 6.07) is 0.380. The van der Waals surface area contributed by atoms with Gasteiger partial charge in [-0.05, 0) is 30.5 Å². The highest BCUT2D eigenvalue weighted by molar-refractivity contribution is 5.72. The molecule has 1 saturated heterocycles. The quantitative estimate of drug-likeness (QED) is 0.632. The van der Waals surface area contributed by atoms with Gasteiger partial charge in [-0.2, -0.15) is 0 Å². The summed E-state index contributed by atoms with van der Waals surface area (Å²) >= 11 is 0. The molecule has 0 aromatic heterocycles. The molecule has 106 valence electrons. The van der Waals surface area contributed by atoms with Crippen molar-refractivity contribution in [2.75, 3.05) is 19.6 Å². The first-order valence-electron chi connectivity index (χ1n) is 6.91. The van der Waals surface area contributed by atoms with E-state index in [1.165, 1.54) is 18.9 Å². The number of hydrogen-bond donors (Lipinski definition) is 3. The molecule has 3 aliphatic rings. The summed E-state index contributed by atoms with van der Waals surface area (Å²) in [5.41, 5.74) is 1.45. The lowest BCUT2D eigenvalue weighted by atomic mass is 9.73. The molecule has 0 spiro atoms. The van der Waals surface area contributed by atoms with Gasteiger partial charge >= 0.3 is 0 Å². The number of hydrogen-bond acceptors (Lipinski definition) is 5. The summed E-state index contributed by atoms with van der Waals surface area (Å²) in [5, 5.41) is 15.9. The van der Waals surface area contributed by atoms with Gasteiger partial charge in [0.05, 0.1) is 6.10 Å². The van der Waals surface area contributed by atoms with Crippen LogP contribution in [0.25, 0.3) is 0 Å². The third-order valence-electron chi connectivity index (χ3n) is 4.32. The van der Waals surface area contributed by atoms with Crippen LogP contribution in [0.4, 0.5) is 0 Å². The lowest BCUT2D eigenvalue weighted by Gasteiger charge is -2.46. The van der Waals surface area contributed by atoms with Gasteiger partial charge in [-0.15, -0.1) is 0 Å². The zero-order chi connectivity index (χ0) is 13.4. The monoisotopic (exact) mass is 267 g/mol. The van der Waals surface area contributed by atoms with Crippen molar-refractivity contribution in [2.45, 2.75) is 38.3 Å². The molecular formula is C13H21N3O3. The molecule has 0 aromatic carbocycles. The maximum Gasteiger partial charge on any atom is 0.216 e. The molecule has 1 saturated carbocycles. The number of rotatable bonds is 4. The zero-order valence-electron chi connectivity index (χ0n) is 11.1. The molecule has 1 amide bonds. The van der Waals surface area contributed by atoms with Gasteiger partial charge in [0.25, 0.3) is 0 Å². The summed E-state index contributed by atoms with van der Waals surface area (Å²) in [5.74, 6) is 0.489. The van der Waals surface area contributed by atoms with Gasteiger partial charge in [0.2, 0.25) is 12.3 Å². The van der Waals surface area contributed by atoms with Crippen LogP contribution >= 0.6 is 0 Å². The van der Waals surface area contributed by atoms with Gasteiger partial charge in [0, 0.05) is 32.6 Å². The minimum atomic E-state index is -0.833. The number of nitrogens with zero attached hydrogens (tertiary/aromatic N) is 1. The highest BCUT2D eigenvalue weighted by Crippen LogP contribution is 2.40. The Bertz CT molecular complexity index is 399.